The lowest BCUT2D eigenvalue weighted by Crippen LogP contribution is -2.37. The van der Waals surface area contributed by atoms with Crippen LogP contribution in [0.3, 0.4) is 0 Å². The fraction of sp³-hybridized carbons (Fsp3) is 0.667. The zero-order chi connectivity index (χ0) is 21.8. The van der Waals surface area contributed by atoms with E-state index in [9.17, 15) is 9.18 Å². The van der Waals surface area contributed by atoms with Gasteiger partial charge in [-0.15, -0.1) is 0 Å². The van der Waals surface area contributed by atoms with Gasteiger partial charge in [0.15, 0.2) is 0 Å². The first-order chi connectivity index (χ1) is 15.0. The first-order valence-electron chi connectivity index (χ1n) is 10.7. The minimum absolute atomic E-state index is 0.00977. The van der Waals surface area contributed by atoms with E-state index in [1.165, 1.54) is 24.5 Å². The third-order valence-electron chi connectivity index (χ3n) is 5.41. The number of ether oxygens (including phenoxy) is 4. The Hall–Kier alpha value is -2.04. The second-order valence-electron chi connectivity index (χ2n) is 8.13. The number of hydrogen-bond acceptors (Lipinski definition) is 8. The van der Waals surface area contributed by atoms with Crippen LogP contribution in [0.25, 0.3) is 10.2 Å². The molecule has 1 amide bonds. The van der Waals surface area contributed by atoms with Crippen molar-refractivity contribution in [1.82, 2.24) is 15.3 Å². The van der Waals surface area contributed by atoms with Crippen LogP contribution in [0.4, 0.5) is 4.39 Å². The van der Waals surface area contributed by atoms with E-state index in [1.807, 2.05) is 6.92 Å². The largest absolute Gasteiger partial charge is 0.472 e. The van der Waals surface area contributed by atoms with Gasteiger partial charge in [-0.3, -0.25) is 4.79 Å². The maximum absolute atomic E-state index is 15.0. The zero-order valence-corrected chi connectivity index (χ0v) is 18.6. The van der Waals surface area contributed by atoms with Gasteiger partial charge in [-0.2, -0.15) is 4.39 Å². The Morgan fingerprint density at radius 2 is 2.03 bits per heavy atom. The monoisotopic (exact) mass is 453 g/mol. The molecule has 170 valence electrons. The van der Waals surface area contributed by atoms with Gasteiger partial charge in [0.05, 0.1) is 32.1 Å². The quantitative estimate of drug-likeness (QED) is 0.656. The molecule has 0 bridgehead atoms. The number of hydrogen-bond donors (Lipinski definition) is 1. The third kappa shape index (κ3) is 5.81. The van der Waals surface area contributed by atoms with E-state index < -0.39 is 5.82 Å². The van der Waals surface area contributed by atoms with Gasteiger partial charge < -0.3 is 24.3 Å². The summed E-state index contributed by atoms with van der Waals surface area (Å²) in [4.78, 5) is 19.5. The Balaban J connectivity index is 1.29. The molecule has 31 heavy (non-hydrogen) atoms. The van der Waals surface area contributed by atoms with E-state index in [-0.39, 0.29) is 36.1 Å². The summed E-state index contributed by atoms with van der Waals surface area (Å²) in [5, 5.41) is 3.23. The molecule has 0 spiro atoms. The Morgan fingerprint density at radius 1 is 1.26 bits per heavy atom. The predicted octanol–water partition coefficient (Wildman–Crippen LogP) is 3.23. The molecule has 2 atom stereocenters. The van der Waals surface area contributed by atoms with Gasteiger partial charge in [0.2, 0.25) is 11.7 Å². The van der Waals surface area contributed by atoms with Crippen LogP contribution in [0, 0.1) is 5.82 Å². The molecule has 1 aliphatic carbocycles. The topological polar surface area (TPSA) is 91.8 Å². The molecule has 1 aliphatic heterocycles. The van der Waals surface area contributed by atoms with Crippen LogP contribution in [-0.4, -0.2) is 60.0 Å². The lowest BCUT2D eigenvalue weighted by molar-refractivity contribution is -0.120. The molecule has 2 aliphatic rings. The SMILES string of the molecule is CC(=O)N[C@@H](C)CO[C@H]1CC[C@H](Oc2ncc3nc(O[C@@H]4CCOC4)sc3c2F)CC1. The highest BCUT2D eigenvalue weighted by molar-refractivity contribution is 7.20. The molecule has 4 rings (SSSR count). The maximum Gasteiger partial charge on any atom is 0.274 e. The molecule has 0 aromatic carbocycles. The molecule has 0 unspecified atom stereocenters. The summed E-state index contributed by atoms with van der Waals surface area (Å²) in [7, 11) is 0. The van der Waals surface area contributed by atoms with Crippen LogP contribution in [-0.2, 0) is 14.3 Å². The fourth-order valence-corrected chi connectivity index (χ4v) is 4.74. The Kier molecular flexibility index (Phi) is 7.19. The summed E-state index contributed by atoms with van der Waals surface area (Å²) in [6.07, 6.45) is 5.49. The molecule has 10 heteroatoms. The molecular weight excluding hydrogens is 425 g/mol. The first kappa shape index (κ1) is 22.2. The number of nitrogens with zero attached hydrogens (tertiary/aromatic N) is 2. The lowest BCUT2D eigenvalue weighted by Gasteiger charge is -2.29. The molecule has 1 saturated carbocycles. The second kappa shape index (κ2) is 10.1. The number of amides is 1. The number of thiazole rings is 1. The van der Waals surface area contributed by atoms with Crippen molar-refractivity contribution in [3.05, 3.63) is 12.0 Å². The summed E-state index contributed by atoms with van der Waals surface area (Å²) in [5.74, 6) is -0.544. The van der Waals surface area contributed by atoms with Crippen LogP contribution in [0.5, 0.6) is 11.1 Å². The Bertz CT molecular complexity index is 897. The first-order valence-corrected chi connectivity index (χ1v) is 11.5. The predicted molar refractivity (Wildman–Crippen MR) is 113 cm³/mol. The number of aromatic nitrogens is 2. The van der Waals surface area contributed by atoms with E-state index in [2.05, 4.69) is 15.3 Å². The standard InChI is InChI=1S/C21H28FN3O5S/c1-12(24-13(2)26)10-28-14-3-5-15(6-4-14)29-20-18(22)19-17(9-23-20)25-21(31-19)30-16-7-8-27-11-16/h9,12,14-16H,3-8,10-11H2,1-2H3,(H,24,26)/t12-,14-,15-,16+/m0/s1. The van der Waals surface area contributed by atoms with Crippen LogP contribution < -0.4 is 14.8 Å². The van der Waals surface area contributed by atoms with Crippen molar-refractivity contribution < 1.29 is 28.1 Å². The number of rotatable bonds is 8. The molecule has 0 radical (unpaired) electrons. The third-order valence-corrected chi connectivity index (χ3v) is 6.37. The van der Waals surface area contributed by atoms with Gasteiger partial charge >= 0.3 is 0 Å². The molecule has 3 heterocycles. The Labute approximate surface area is 184 Å². The minimum Gasteiger partial charge on any atom is -0.472 e. The van der Waals surface area contributed by atoms with Gasteiger partial charge in [0.1, 0.15) is 22.4 Å². The van der Waals surface area contributed by atoms with E-state index >= 15 is 0 Å². The van der Waals surface area contributed by atoms with Crippen molar-refractivity contribution in [2.75, 3.05) is 19.8 Å². The summed E-state index contributed by atoms with van der Waals surface area (Å²) < 4.78 is 38.2. The fourth-order valence-electron chi connectivity index (χ4n) is 3.85. The molecule has 2 fully saturated rings. The smallest absolute Gasteiger partial charge is 0.274 e. The zero-order valence-electron chi connectivity index (χ0n) is 17.8. The van der Waals surface area contributed by atoms with Crippen LogP contribution in [0.1, 0.15) is 46.0 Å². The number of nitrogens with one attached hydrogen (secondary N) is 1. The highest BCUT2D eigenvalue weighted by Crippen LogP contribution is 2.35. The van der Waals surface area contributed by atoms with E-state index in [1.54, 1.807) is 0 Å². The summed E-state index contributed by atoms with van der Waals surface area (Å²) in [6.45, 7) is 5.09. The van der Waals surface area contributed by atoms with Crippen molar-refractivity contribution >= 4 is 27.5 Å². The van der Waals surface area contributed by atoms with Crippen molar-refractivity contribution in [1.29, 1.82) is 0 Å². The molecule has 1 saturated heterocycles. The highest BCUT2D eigenvalue weighted by atomic mass is 32.1. The van der Waals surface area contributed by atoms with Crippen molar-refractivity contribution in [3.63, 3.8) is 0 Å². The van der Waals surface area contributed by atoms with Crippen molar-refractivity contribution in [2.24, 2.45) is 0 Å². The molecule has 2 aromatic rings. The number of pyridine rings is 1. The number of carbonyl (C=O) groups is 1. The number of carbonyl (C=O) groups excluding carboxylic acids is 1. The molecule has 8 nitrogen and oxygen atoms in total. The average Bonchev–Trinajstić information content (AvgIpc) is 3.39. The van der Waals surface area contributed by atoms with Crippen LogP contribution in [0.2, 0.25) is 0 Å². The van der Waals surface area contributed by atoms with E-state index in [0.29, 0.717) is 35.2 Å². The highest BCUT2D eigenvalue weighted by Gasteiger charge is 2.26. The lowest BCUT2D eigenvalue weighted by atomic mass is 9.95. The van der Waals surface area contributed by atoms with Crippen molar-refractivity contribution in [3.8, 4) is 11.1 Å². The Morgan fingerprint density at radius 3 is 2.74 bits per heavy atom. The van der Waals surface area contributed by atoms with E-state index in [0.717, 1.165) is 32.1 Å². The minimum atomic E-state index is -0.491. The molecule has 1 N–H and O–H groups in total. The normalized spacial score (nSPS) is 24.8. The maximum atomic E-state index is 15.0. The average molecular weight is 454 g/mol. The van der Waals surface area contributed by atoms with Gasteiger partial charge in [0, 0.05) is 19.4 Å². The molecular formula is C21H28FN3O5S. The summed E-state index contributed by atoms with van der Waals surface area (Å²) in [6, 6.07) is -0.0223. The summed E-state index contributed by atoms with van der Waals surface area (Å²) in [5.41, 5.74) is 0.467. The van der Waals surface area contributed by atoms with Gasteiger partial charge in [-0.1, -0.05) is 11.3 Å². The second-order valence-corrected chi connectivity index (χ2v) is 9.09. The van der Waals surface area contributed by atoms with E-state index in [4.69, 9.17) is 18.9 Å². The number of halogens is 1. The van der Waals surface area contributed by atoms with Crippen LogP contribution >= 0.6 is 11.3 Å². The van der Waals surface area contributed by atoms with Gasteiger partial charge in [-0.25, -0.2) is 9.97 Å². The molecule has 2 aromatic heterocycles. The van der Waals surface area contributed by atoms with Gasteiger partial charge in [0.25, 0.3) is 11.1 Å². The summed E-state index contributed by atoms with van der Waals surface area (Å²) >= 11 is 1.17. The number of fused-ring (bicyclic) bond motifs is 1. The van der Waals surface area contributed by atoms with Crippen molar-refractivity contribution in [2.45, 2.75) is 70.3 Å². The van der Waals surface area contributed by atoms with Gasteiger partial charge in [-0.05, 0) is 32.6 Å². The van der Waals surface area contributed by atoms with Crippen LogP contribution in [0.15, 0.2) is 6.20 Å².